The van der Waals surface area contributed by atoms with Crippen LogP contribution in [0.2, 0.25) is 0 Å². The summed E-state index contributed by atoms with van der Waals surface area (Å²) in [7, 11) is 0. The molecule has 5 nitrogen and oxygen atoms in total. The van der Waals surface area contributed by atoms with E-state index in [-0.39, 0.29) is 0 Å². The van der Waals surface area contributed by atoms with Gasteiger partial charge >= 0.3 is 5.97 Å². The van der Waals surface area contributed by atoms with Gasteiger partial charge in [-0.1, -0.05) is 20.8 Å². The van der Waals surface area contributed by atoms with Crippen molar-refractivity contribution < 1.29 is 9.90 Å². The average molecular weight is 281 g/mol. The molecule has 0 radical (unpaired) electrons. The molecule has 20 heavy (non-hydrogen) atoms. The molecule has 1 heterocycles. The number of carbonyl (C=O) groups is 1. The van der Waals surface area contributed by atoms with Gasteiger partial charge in [0.2, 0.25) is 0 Å². The van der Waals surface area contributed by atoms with Gasteiger partial charge in [-0.05, 0) is 32.2 Å². The summed E-state index contributed by atoms with van der Waals surface area (Å²) in [5.74, 6) is 0.318. The number of aryl methyl sites for hydroxylation is 2. The van der Waals surface area contributed by atoms with Crippen LogP contribution in [0.4, 0.5) is 0 Å². The third-order valence-corrected chi connectivity index (χ3v) is 3.85. The Labute approximate surface area is 121 Å². The van der Waals surface area contributed by atoms with E-state index in [1.807, 2.05) is 20.0 Å². The quantitative estimate of drug-likeness (QED) is 0.691. The molecule has 0 spiro atoms. The fourth-order valence-corrected chi connectivity index (χ4v) is 2.50. The van der Waals surface area contributed by atoms with E-state index in [9.17, 15) is 9.90 Å². The molecule has 1 aromatic heterocycles. The highest BCUT2D eigenvalue weighted by atomic mass is 16.4. The highest BCUT2D eigenvalue weighted by Gasteiger charge is 2.35. The van der Waals surface area contributed by atoms with Crippen molar-refractivity contribution in [3.63, 3.8) is 0 Å². The average Bonchev–Trinajstić information content (AvgIpc) is 2.90. The number of rotatable bonds is 10. The first-order chi connectivity index (χ1) is 9.59. The Morgan fingerprint density at radius 3 is 2.75 bits per heavy atom. The zero-order valence-electron chi connectivity index (χ0n) is 12.9. The van der Waals surface area contributed by atoms with Crippen LogP contribution in [0.25, 0.3) is 0 Å². The summed E-state index contributed by atoms with van der Waals surface area (Å²) in [4.78, 5) is 15.9. The second-order valence-corrected chi connectivity index (χ2v) is 5.16. The van der Waals surface area contributed by atoms with Crippen molar-refractivity contribution >= 4 is 5.97 Å². The van der Waals surface area contributed by atoms with Gasteiger partial charge in [0.1, 0.15) is 11.4 Å². The second kappa shape index (κ2) is 8.04. The molecule has 0 saturated heterocycles. The Bertz CT molecular complexity index is 417. The molecule has 1 aromatic rings. The first-order valence-electron chi connectivity index (χ1n) is 7.58. The van der Waals surface area contributed by atoms with Crippen molar-refractivity contribution in [2.24, 2.45) is 0 Å². The number of aromatic nitrogens is 2. The van der Waals surface area contributed by atoms with Gasteiger partial charge in [-0.2, -0.15) is 0 Å². The molecule has 0 aromatic carbocycles. The Kier molecular flexibility index (Phi) is 6.71. The van der Waals surface area contributed by atoms with E-state index in [1.54, 1.807) is 6.20 Å². The monoisotopic (exact) mass is 281 g/mol. The van der Waals surface area contributed by atoms with E-state index in [4.69, 9.17) is 0 Å². The van der Waals surface area contributed by atoms with Crippen LogP contribution in [0, 0.1) is 0 Å². The minimum atomic E-state index is -0.789. The van der Waals surface area contributed by atoms with Crippen molar-refractivity contribution in [1.82, 2.24) is 14.9 Å². The van der Waals surface area contributed by atoms with Gasteiger partial charge in [-0.3, -0.25) is 4.79 Å². The van der Waals surface area contributed by atoms with Crippen LogP contribution in [0.5, 0.6) is 0 Å². The molecule has 5 heteroatoms. The van der Waals surface area contributed by atoms with Crippen molar-refractivity contribution in [1.29, 1.82) is 0 Å². The maximum absolute atomic E-state index is 11.6. The maximum atomic E-state index is 11.6. The topological polar surface area (TPSA) is 67.2 Å². The lowest BCUT2D eigenvalue weighted by atomic mass is 9.90. The number of carboxylic acid groups (broad SMARTS) is 1. The second-order valence-electron chi connectivity index (χ2n) is 5.16. The van der Waals surface area contributed by atoms with Crippen LogP contribution in [0.15, 0.2) is 12.4 Å². The van der Waals surface area contributed by atoms with Gasteiger partial charge < -0.3 is 15.0 Å². The van der Waals surface area contributed by atoms with Crippen molar-refractivity contribution in [2.75, 3.05) is 6.54 Å². The molecule has 1 rings (SSSR count). The summed E-state index contributed by atoms with van der Waals surface area (Å²) in [6, 6.07) is 0. The smallest absolute Gasteiger partial charge is 0.323 e. The molecule has 0 aliphatic rings. The number of nitrogens with one attached hydrogen (secondary N) is 1. The minimum absolute atomic E-state index is 0.604. The van der Waals surface area contributed by atoms with Crippen LogP contribution >= 0.6 is 0 Å². The molecular formula is C15H27N3O2. The number of nitrogens with zero attached hydrogens (tertiary/aromatic N) is 2. The third kappa shape index (κ3) is 4.07. The Balaban J connectivity index is 2.60. The zero-order valence-corrected chi connectivity index (χ0v) is 12.9. The predicted molar refractivity (Wildman–Crippen MR) is 79.8 cm³/mol. The Morgan fingerprint density at radius 1 is 1.45 bits per heavy atom. The lowest BCUT2D eigenvalue weighted by molar-refractivity contribution is -0.145. The first kappa shape index (κ1) is 16.7. The van der Waals surface area contributed by atoms with E-state index < -0.39 is 11.5 Å². The van der Waals surface area contributed by atoms with Gasteiger partial charge in [-0.15, -0.1) is 0 Å². The molecule has 0 bridgehead atoms. The summed E-state index contributed by atoms with van der Waals surface area (Å²) in [6.07, 6.45) is 7.69. The molecule has 114 valence electrons. The van der Waals surface area contributed by atoms with Crippen LogP contribution < -0.4 is 5.32 Å². The van der Waals surface area contributed by atoms with Crippen molar-refractivity contribution in [3.8, 4) is 0 Å². The molecule has 2 N–H and O–H groups in total. The van der Waals surface area contributed by atoms with Crippen LogP contribution in [-0.4, -0.2) is 32.7 Å². The predicted octanol–water partition coefficient (Wildman–Crippen LogP) is 2.46. The zero-order chi connectivity index (χ0) is 15.0. The lowest BCUT2D eigenvalue weighted by Crippen LogP contribution is -2.52. The largest absolute Gasteiger partial charge is 0.480 e. The van der Waals surface area contributed by atoms with Gasteiger partial charge in [-0.25, -0.2) is 4.98 Å². The maximum Gasteiger partial charge on any atom is 0.323 e. The van der Waals surface area contributed by atoms with E-state index in [0.717, 1.165) is 38.2 Å². The Hall–Kier alpha value is -1.36. The first-order valence-corrected chi connectivity index (χ1v) is 7.58. The molecule has 1 atom stereocenters. The van der Waals surface area contributed by atoms with E-state index in [0.29, 0.717) is 12.8 Å². The highest BCUT2D eigenvalue weighted by Crippen LogP contribution is 2.19. The molecule has 0 aliphatic heterocycles. The fourth-order valence-electron chi connectivity index (χ4n) is 2.50. The molecular weight excluding hydrogens is 254 g/mol. The standard InChI is InChI=1S/C15H27N3O2/c1-4-9-17-15(6-3,14(19)20)8-7-11-18-12-10-16-13(18)5-2/h10,12,17H,4-9,11H2,1-3H3,(H,19,20). The lowest BCUT2D eigenvalue weighted by Gasteiger charge is -2.29. The van der Waals surface area contributed by atoms with Gasteiger partial charge in [0.15, 0.2) is 0 Å². The van der Waals surface area contributed by atoms with Crippen LogP contribution in [-0.2, 0) is 17.8 Å². The number of carboxylic acids is 1. The van der Waals surface area contributed by atoms with Gasteiger partial charge in [0.05, 0.1) is 0 Å². The van der Waals surface area contributed by atoms with Gasteiger partial charge in [0, 0.05) is 25.4 Å². The molecule has 1 unspecified atom stereocenters. The Morgan fingerprint density at radius 2 is 2.20 bits per heavy atom. The third-order valence-electron chi connectivity index (χ3n) is 3.85. The summed E-state index contributed by atoms with van der Waals surface area (Å²) in [6.45, 7) is 7.63. The number of imidazole rings is 1. The number of hydrogen-bond donors (Lipinski definition) is 2. The van der Waals surface area contributed by atoms with E-state index in [1.165, 1.54) is 0 Å². The summed E-state index contributed by atoms with van der Waals surface area (Å²) in [5.41, 5.74) is -0.789. The number of hydrogen-bond acceptors (Lipinski definition) is 3. The molecule has 0 fully saturated rings. The number of aliphatic carboxylic acids is 1. The van der Waals surface area contributed by atoms with Crippen LogP contribution in [0.1, 0.15) is 52.3 Å². The van der Waals surface area contributed by atoms with Crippen molar-refractivity contribution in [2.45, 2.75) is 65.0 Å². The van der Waals surface area contributed by atoms with Gasteiger partial charge in [0.25, 0.3) is 0 Å². The summed E-state index contributed by atoms with van der Waals surface area (Å²) < 4.78 is 2.11. The SMILES string of the molecule is CCCNC(CC)(CCCn1ccnc1CC)C(=O)O. The fraction of sp³-hybridized carbons (Fsp3) is 0.733. The normalized spacial score (nSPS) is 14.2. The summed E-state index contributed by atoms with van der Waals surface area (Å²) in [5, 5.41) is 12.7. The summed E-state index contributed by atoms with van der Waals surface area (Å²) >= 11 is 0. The van der Waals surface area contributed by atoms with E-state index in [2.05, 4.69) is 21.8 Å². The van der Waals surface area contributed by atoms with Crippen molar-refractivity contribution in [3.05, 3.63) is 18.2 Å². The molecule has 0 aliphatic carbocycles. The highest BCUT2D eigenvalue weighted by molar-refractivity contribution is 5.78. The van der Waals surface area contributed by atoms with E-state index >= 15 is 0 Å². The van der Waals surface area contributed by atoms with Crippen LogP contribution in [0.3, 0.4) is 0 Å². The molecule has 0 amide bonds. The molecule has 0 saturated carbocycles. The minimum Gasteiger partial charge on any atom is -0.480 e.